The van der Waals surface area contributed by atoms with Crippen molar-refractivity contribution in [2.75, 3.05) is 5.73 Å². The van der Waals surface area contributed by atoms with E-state index in [0.29, 0.717) is 5.69 Å². The van der Waals surface area contributed by atoms with Crippen LogP contribution in [0.5, 0.6) is 11.5 Å². The maximum atomic E-state index is 6.06. The van der Waals surface area contributed by atoms with E-state index in [1.54, 1.807) is 0 Å². The van der Waals surface area contributed by atoms with Crippen molar-refractivity contribution in [3.8, 4) is 11.5 Å². The number of benzene rings is 2. The molecule has 20 heavy (non-hydrogen) atoms. The summed E-state index contributed by atoms with van der Waals surface area (Å²) < 4.78 is 6.06. The van der Waals surface area contributed by atoms with Crippen molar-refractivity contribution in [2.24, 2.45) is 0 Å². The van der Waals surface area contributed by atoms with Gasteiger partial charge in [0.15, 0.2) is 0 Å². The SMILES string of the molecule is Cc1cc(Oc2cc(N)ccc2C)c2ccccc2n1. The molecule has 0 saturated heterocycles. The van der Waals surface area contributed by atoms with Crippen LogP contribution in [0.2, 0.25) is 0 Å². The van der Waals surface area contributed by atoms with Crippen LogP contribution in [0.1, 0.15) is 11.3 Å². The molecular formula is C17H16N2O. The van der Waals surface area contributed by atoms with Crippen LogP contribution in [0, 0.1) is 13.8 Å². The highest BCUT2D eigenvalue weighted by Crippen LogP contribution is 2.32. The number of nitrogen functional groups attached to an aromatic ring is 1. The summed E-state index contributed by atoms with van der Waals surface area (Å²) in [5, 5.41) is 1.000. The number of aromatic nitrogens is 1. The predicted molar refractivity (Wildman–Crippen MR) is 82.1 cm³/mol. The molecule has 100 valence electrons. The first-order chi connectivity index (χ1) is 9.63. The fourth-order valence-corrected chi connectivity index (χ4v) is 2.20. The average Bonchev–Trinajstić information content (AvgIpc) is 2.43. The molecule has 1 heterocycles. The third-order valence-corrected chi connectivity index (χ3v) is 3.24. The molecule has 3 aromatic rings. The zero-order valence-electron chi connectivity index (χ0n) is 11.6. The number of hydrogen-bond acceptors (Lipinski definition) is 3. The molecule has 0 unspecified atom stereocenters. The van der Waals surface area contributed by atoms with E-state index in [1.165, 1.54) is 0 Å². The van der Waals surface area contributed by atoms with Gasteiger partial charge in [-0.2, -0.15) is 0 Å². The van der Waals surface area contributed by atoms with Gasteiger partial charge in [0.25, 0.3) is 0 Å². The van der Waals surface area contributed by atoms with Gasteiger partial charge < -0.3 is 10.5 Å². The van der Waals surface area contributed by atoms with Crippen LogP contribution < -0.4 is 10.5 Å². The maximum absolute atomic E-state index is 6.06. The summed E-state index contributed by atoms with van der Waals surface area (Å²) in [6, 6.07) is 15.6. The number of pyridine rings is 1. The quantitative estimate of drug-likeness (QED) is 0.705. The normalized spacial score (nSPS) is 10.7. The van der Waals surface area contributed by atoms with Crippen molar-refractivity contribution < 1.29 is 4.74 Å². The Morgan fingerprint density at radius 1 is 0.950 bits per heavy atom. The number of rotatable bonds is 2. The molecule has 0 radical (unpaired) electrons. The molecule has 0 bridgehead atoms. The Bertz CT molecular complexity index is 781. The molecule has 3 rings (SSSR count). The Hall–Kier alpha value is -2.55. The monoisotopic (exact) mass is 264 g/mol. The molecule has 0 aliphatic carbocycles. The first kappa shape index (κ1) is 12.5. The summed E-state index contributed by atoms with van der Waals surface area (Å²) >= 11 is 0. The van der Waals surface area contributed by atoms with Gasteiger partial charge in [-0.25, -0.2) is 0 Å². The zero-order valence-corrected chi connectivity index (χ0v) is 11.6. The van der Waals surface area contributed by atoms with Gasteiger partial charge in [-0.15, -0.1) is 0 Å². The Kier molecular flexibility index (Phi) is 3.03. The molecule has 2 N–H and O–H groups in total. The molecular weight excluding hydrogens is 248 g/mol. The third-order valence-electron chi connectivity index (χ3n) is 3.24. The van der Waals surface area contributed by atoms with Gasteiger partial charge in [0.05, 0.1) is 5.52 Å². The highest BCUT2D eigenvalue weighted by molar-refractivity contribution is 5.85. The standard InChI is InChI=1S/C17H16N2O/c1-11-7-8-13(18)10-16(11)20-17-9-12(2)19-15-6-4-3-5-14(15)17/h3-10H,18H2,1-2H3. The van der Waals surface area contributed by atoms with Crippen LogP contribution in [0.25, 0.3) is 10.9 Å². The second-order valence-corrected chi connectivity index (χ2v) is 4.91. The second kappa shape index (κ2) is 4.85. The number of para-hydroxylation sites is 1. The summed E-state index contributed by atoms with van der Waals surface area (Å²) in [5.74, 6) is 1.59. The molecule has 0 spiro atoms. The Morgan fingerprint density at radius 2 is 1.75 bits per heavy atom. The van der Waals surface area contributed by atoms with E-state index in [2.05, 4.69) is 4.98 Å². The van der Waals surface area contributed by atoms with Gasteiger partial charge in [0, 0.05) is 28.9 Å². The van der Waals surface area contributed by atoms with Crippen molar-refractivity contribution in [1.82, 2.24) is 4.98 Å². The number of anilines is 1. The van der Waals surface area contributed by atoms with Crippen molar-refractivity contribution in [3.63, 3.8) is 0 Å². The summed E-state index contributed by atoms with van der Waals surface area (Å²) in [7, 11) is 0. The Balaban J connectivity index is 2.13. The number of fused-ring (bicyclic) bond motifs is 1. The van der Waals surface area contributed by atoms with E-state index < -0.39 is 0 Å². The highest BCUT2D eigenvalue weighted by atomic mass is 16.5. The molecule has 0 aliphatic heterocycles. The minimum atomic E-state index is 0.695. The smallest absolute Gasteiger partial charge is 0.138 e. The largest absolute Gasteiger partial charge is 0.456 e. The van der Waals surface area contributed by atoms with Gasteiger partial charge in [0.2, 0.25) is 0 Å². The number of aryl methyl sites for hydroxylation is 2. The fraction of sp³-hybridized carbons (Fsp3) is 0.118. The lowest BCUT2D eigenvalue weighted by molar-refractivity contribution is 0.484. The minimum absolute atomic E-state index is 0.695. The molecule has 0 saturated carbocycles. The molecule has 2 aromatic carbocycles. The molecule has 1 aromatic heterocycles. The average molecular weight is 264 g/mol. The summed E-state index contributed by atoms with van der Waals surface area (Å²) in [5.41, 5.74) is 9.44. The number of ether oxygens (including phenoxy) is 1. The van der Waals surface area contributed by atoms with Gasteiger partial charge >= 0.3 is 0 Å². The van der Waals surface area contributed by atoms with Crippen molar-refractivity contribution in [3.05, 3.63) is 59.8 Å². The third kappa shape index (κ3) is 2.30. The van der Waals surface area contributed by atoms with Crippen LogP contribution in [0.4, 0.5) is 5.69 Å². The van der Waals surface area contributed by atoms with E-state index in [4.69, 9.17) is 10.5 Å². The van der Waals surface area contributed by atoms with Crippen LogP contribution in [0.3, 0.4) is 0 Å². The molecule has 0 atom stereocenters. The minimum Gasteiger partial charge on any atom is -0.456 e. The van der Waals surface area contributed by atoms with Gasteiger partial charge in [-0.3, -0.25) is 4.98 Å². The van der Waals surface area contributed by atoms with E-state index >= 15 is 0 Å². The van der Waals surface area contributed by atoms with Crippen LogP contribution in [0.15, 0.2) is 48.5 Å². The Morgan fingerprint density at radius 3 is 2.60 bits per heavy atom. The lowest BCUT2D eigenvalue weighted by Crippen LogP contribution is -1.93. The lowest BCUT2D eigenvalue weighted by Gasteiger charge is -2.12. The lowest BCUT2D eigenvalue weighted by atomic mass is 10.1. The predicted octanol–water partition coefficient (Wildman–Crippen LogP) is 4.23. The zero-order chi connectivity index (χ0) is 14.1. The number of hydrogen-bond donors (Lipinski definition) is 1. The van der Waals surface area contributed by atoms with Crippen LogP contribution in [-0.2, 0) is 0 Å². The van der Waals surface area contributed by atoms with E-state index in [0.717, 1.165) is 33.7 Å². The topological polar surface area (TPSA) is 48.1 Å². The number of nitrogens with zero attached hydrogens (tertiary/aromatic N) is 1. The maximum Gasteiger partial charge on any atom is 0.138 e. The van der Waals surface area contributed by atoms with Crippen molar-refractivity contribution in [2.45, 2.75) is 13.8 Å². The fourth-order valence-electron chi connectivity index (χ4n) is 2.20. The van der Waals surface area contributed by atoms with E-state index in [9.17, 15) is 0 Å². The molecule has 0 fully saturated rings. The van der Waals surface area contributed by atoms with Crippen LogP contribution >= 0.6 is 0 Å². The second-order valence-electron chi connectivity index (χ2n) is 4.91. The Labute approximate surface area is 118 Å². The van der Waals surface area contributed by atoms with Crippen LogP contribution in [-0.4, -0.2) is 4.98 Å². The molecule has 0 aliphatic rings. The van der Waals surface area contributed by atoms with Gasteiger partial charge in [-0.05, 0) is 37.6 Å². The molecule has 3 nitrogen and oxygen atoms in total. The number of nitrogens with two attached hydrogens (primary N) is 1. The molecule has 3 heteroatoms. The van der Waals surface area contributed by atoms with E-state index in [1.807, 2.05) is 62.4 Å². The summed E-state index contributed by atoms with van der Waals surface area (Å²) in [6.45, 7) is 3.97. The van der Waals surface area contributed by atoms with Crippen molar-refractivity contribution in [1.29, 1.82) is 0 Å². The molecule has 0 amide bonds. The highest BCUT2D eigenvalue weighted by Gasteiger charge is 2.08. The van der Waals surface area contributed by atoms with E-state index in [-0.39, 0.29) is 0 Å². The first-order valence-corrected chi connectivity index (χ1v) is 6.54. The van der Waals surface area contributed by atoms with Gasteiger partial charge in [0.1, 0.15) is 11.5 Å². The first-order valence-electron chi connectivity index (χ1n) is 6.54. The summed E-state index contributed by atoms with van der Waals surface area (Å²) in [4.78, 5) is 4.51. The van der Waals surface area contributed by atoms with Gasteiger partial charge in [-0.1, -0.05) is 18.2 Å². The van der Waals surface area contributed by atoms with Crippen molar-refractivity contribution >= 4 is 16.6 Å². The summed E-state index contributed by atoms with van der Waals surface area (Å²) in [6.07, 6.45) is 0.